The van der Waals surface area contributed by atoms with Crippen LogP contribution in [0.25, 0.3) is 0 Å². The van der Waals surface area contributed by atoms with E-state index in [4.69, 9.17) is 9.47 Å². The Labute approximate surface area is 138 Å². The van der Waals surface area contributed by atoms with Crippen LogP contribution in [0.4, 0.5) is 13.2 Å². The minimum Gasteiger partial charge on any atom is -0.475 e. The molecule has 134 valence electrons. The topological polar surface area (TPSA) is 60.5 Å². The summed E-state index contributed by atoms with van der Waals surface area (Å²) < 4.78 is 48.7. The maximum atomic E-state index is 12.8. The van der Waals surface area contributed by atoms with Crippen LogP contribution in [0.3, 0.4) is 0 Å². The Hall–Kier alpha value is -1.83. The van der Waals surface area contributed by atoms with Gasteiger partial charge in [-0.3, -0.25) is 4.79 Å². The quantitative estimate of drug-likeness (QED) is 0.805. The molecule has 0 aliphatic carbocycles. The molecule has 1 aromatic heterocycles. The molecule has 0 spiro atoms. The first-order valence-corrected chi connectivity index (χ1v) is 7.90. The van der Waals surface area contributed by atoms with E-state index in [1.807, 2.05) is 6.92 Å². The van der Waals surface area contributed by atoms with Gasteiger partial charge in [0.1, 0.15) is 12.2 Å². The fraction of sp³-hybridized carbons (Fsp3) is 0.625. The lowest BCUT2D eigenvalue weighted by Gasteiger charge is -2.26. The lowest BCUT2D eigenvalue weighted by Crippen LogP contribution is -2.37. The molecule has 0 saturated carbocycles. The van der Waals surface area contributed by atoms with E-state index < -0.39 is 17.6 Å². The Morgan fingerprint density at radius 2 is 2.17 bits per heavy atom. The van der Waals surface area contributed by atoms with Crippen molar-refractivity contribution in [2.24, 2.45) is 11.8 Å². The Balaban J connectivity index is 1.78. The van der Waals surface area contributed by atoms with Crippen LogP contribution in [-0.4, -0.2) is 37.3 Å². The van der Waals surface area contributed by atoms with Gasteiger partial charge < -0.3 is 14.8 Å². The van der Waals surface area contributed by atoms with Gasteiger partial charge in [0.2, 0.25) is 11.8 Å². The van der Waals surface area contributed by atoms with Gasteiger partial charge in [-0.25, -0.2) is 4.98 Å². The summed E-state index contributed by atoms with van der Waals surface area (Å²) in [6, 6.07) is 2.11. The van der Waals surface area contributed by atoms with E-state index in [0.717, 1.165) is 18.9 Å². The van der Waals surface area contributed by atoms with Crippen molar-refractivity contribution in [3.63, 3.8) is 0 Å². The number of halogens is 3. The average molecular weight is 346 g/mol. The molecule has 1 N–H and O–H groups in total. The van der Waals surface area contributed by atoms with Crippen molar-refractivity contribution < 1.29 is 27.4 Å². The Morgan fingerprint density at radius 3 is 2.83 bits per heavy atom. The number of alkyl halides is 3. The molecular weight excluding hydrogens is 325 g/mol. The summed E-state index contributed by atoms with van der Waals surface area (Å²) in [5.41, 5.74) is -0.924. The second kappa shape index (κ2) is 8.32. The molecule has 1 fully saturated rings. The van der Waals surface area contributed by atoms with Gasteiger partial charge in [0.25, 0.3) is 0 Å². The van der Waals surface area contributed by atoms with Gasteiger partial charge >= 0.3 is 6.18 Å². The number of amides is 1. The largest absolute Gasteiger partial charge is 0.475 e. The fourth-order valence-electron chi connectivity index (χ4n) is 2.63. The molecule has 1 unspecified atom stereocenters. The Bertz CT molecular complexity index is 546. The number of nitrogens with one attached hydrogen (secondary N) is 1. The maximum Gasteiger partial charge on any atom is 0.421 e. The van der Waals surface area contributed by atoms with Crippen LogP contribution in [0.15, 0.2) is 18.3 Å². The molecular formula is C16H21F3N2O3. The Morgan fingerprint density at radius 1 is 1.46 bits per heavy atom. The number of hydrogen-bond acceptors (Lipinski definition) is 4. The third-order valence-electron chi connectivity index (χ3n) is 4.10. The SMILES string of the molecule is CC(C(=O)NCCOc1ncccc1C(F)(F)F)C1CCOCC1. The van der Waals surface area contributed by atoms with Crippen molar-refractivity contribution in [2.45, 2.75) is 25.9 Å². The predicted octanol–water partition coefficient (Wildman–Crippen LogP) is 2.66. The summed E-state index contributed by atoms with van der Waals surface area (Å²) in [6.07, 6.45) is -1.61. The number of ether oxygens (including phenoxy) is 2. The van der Waals surface area contributed by atoms with E-state index in [2.05, 4.69) is 10.3 Å². The summed E-state index contributed by atoms with van der Waals surface area (Å²) in [7, 11) is 0. The van der Waals surface area contributed by atoms with E-state index >= 15 is 0 Å². The zero-order chi connectivity index (χ0) is 17.6. The molecule has 1 aromatic rings. The molecule has 24 heavy (non-hydrogen) atoms. The molecule has 2 rings (SSSR count). The minimum atomic E-state index is -4.52. The van der Waals surface area contributed by atoms with Crippen LogP contribution < -0.4 is 10.1 Å². The molecule has 0 bridgehead atoms. The van der Waals surface area contributed by atoms with Crippen LogP contribution in [0, 0.1) is 11.8 Å². The molecule has 2 heterocycles. The van der Waals surface area contributed by atoms with Crippen molar-refractivity contribution in [3.8, 4) is 5.88 Å². The number of rotatable bonds is 6. The normalized spacial score (nSPS) is 17.3. The molecule has 5 nitrogen and oxygen atoms in total. The summed E-state index contributed by atoms with van der Waals surface area (Å²) in [5.74, 6) is -0.485. The van der Waals surface area contributed by atoms with E-state index in [9.17, 15) is 18.0 Å². The van der Waals surface area contributed by atoms with Gasteiger partial charge in [0, 0.05) is 25.3 Å². The highest BCUT2D eigenvalue weighted by molar-refractivity contribution is 5.78. The molecule has 8 heteroatoms. The van der Waals surface area contributed by atoms with Gasteiger partial charge in [0.05, 0.1) is 6.54 Å². The second-order valence-corrected chi connectivity index (χ2v) is 5.73. The highest BCUT2D eigenvalue weighted by Gasteiger charge is 2.35. The molecule has 1 saturated heterocycles. The molecule has 1 atom stereocenters. The highest BCUT2D eigenvalue weighted by atomic mass is 19.4. The van der Waals surface area contributed by atoms with Crippen molar-refractivity contribution in [2.75, 3.05) is 26.4 Å². The maximum absolute atomic E-state index is 12.8. The second-order valence-electron chi connectivity index (χ2n) is 5.73. The van der Waals surface area contributed by atoms with Crippen LogP contribution in [0.2, 0.25) is 0 Å². The predicted molar refractivity (Wildman–Crippen MR) is 80.5 cm³/mol. The highest BCUT2D eigenvalue weighted by Crippen LogP contribution is 2.34. The number of pyridine rings is 1. The minimum absolute atomic E-state index is 0.0771. The zero-order valence-corrected chi connectivity index (χ0v) is 13.4. The van der Waals surface area contributed by atoms with Crippen molar-refractivity contribution in [3.05, 3.63) is 23.9 Å². The van der Waals surface area contributed by atoms with Gasteiger partial charge in [-0.2, -0.15) is 13.2 Å². The number of nitrogens with zero attached hydrogens (tertiary/aromatic N) is 1. The van der Waals surface area contributed by atoms with Crippen molar-refractivity contribution >= 4 is 5.91 Å². The van der Waals surface area contributed by atoms with E-state index in [1.54, 1.807) is 0 Å². The summed E-state index contributed by atoms with van der Waals surface area (Å²) in [4.78, 5) is 15.7. The Kier molecular flexibility index (Phi) is 6.42. The first kappa shape index (κ1) is 18.5. The van der Waals surface area contributed by atoms with Crippen molar-refractivity contribution in [1.82, 2.24) is 10.3 Å². The van der Waals surface area contributed by atoms with Crippen LogP contribution >= 0.6 is 0 Å². The summed E-state index contributed by atoms with van der Waals surface area (Å²) in [6.45, 7) is 3.22. The van der Waals surface area contributed by atoms with Gasteiger partial charge in [-0.05, 0) is 30.9 Å². The van der Waals surface area contributed by atoms with Crippen molar-refractivity contribution in [1.29, 1.82) is 0 Å². The third kappa shape index (κ3) is 5.09. The number of carbonyl (C=O) groups is 1. The standard InChI is InChI=1S/C16H21F3N2O3/c1-11(12-4-8-23-9-5-12)14(22)20-7-10-24-15-13(16(17,18)19)3-2-6-21-15/h2-3,6,11-12H,4-5,7-10H2,1H3,(H,20,22). The third-order valence-corrected chi connectivity index (χ3v) is 4.10. The van der Waals surface area contributed by atoms with Gasteiger partial charge in [-0.1, -0.05) is 6.92 Å². The number of carbonyl (C=O) groups excluding carboxylic acids is 1. The van der Waals surface area contributed by atoms with E-state index in [0.29, 0.717) is 13.2 Å². The lowest BCUT2D eigenvalue weighted by atomic mass is 9.87. The molecule has 1 aliphatic rings. The molecule has 0 aromatic carbocycles. The molecule has 0 radical (unpaired) electrons. The smallest absolute Gasteiger partial charge is 0.421 e. The van der Waals surface area contributed by atoms with Crippen LogP contribution in [-0.2, 0) is 15.7 Å². The van der Waals surface area contributed by atoms with Gasteiger partial charge in [-0.15, -0.1) is 0 Å². The molecule has 1 amide bonds. The van der Waals surface area contributed by atoms with E-state index in [1.165, 1.54) is 12.3 Å². The van der Waals surface area contributed by atoms with E-state index in [-0.39, 0.29) is 30.9 Å². The zero-order valence-electron chi connectivity index (χ0n) is 13.4. The lowest BCUT2D eigenvalue weighted by molar-refractivity contribution is -0.139. The average Bonchev–Trinajstić information content (AvgIpc) is 2.58. The molecule has 1 aliphatic heterocycles. The summed E-state index contributed by atoms with van der Waals surface area (Å²) in [5, 5.41) is 2.69. The van der Waals surface area contributed by atoms with Crippen LogP contribution in [0.1, 0.15) is 25.3 Å². The van der Waals surface area contributed by atoms with Crippen LogP contribution in [0.5, 0.6) is 5.88 Å². The summed E-state index contributed by atoms with van der Waals surface area (Å²) >= 11 is 0. The first-order valence-electron chi connectivity index (χ1n) is 7.90. The number of hydrogen-bond donors (Lipinski definition) is 1. The number of aromatic nitrogens is 1. The first-order chi connectivity index (χ1) is 11.4. The van der Waals surface area contributed by atoms with Gasteiger partial charge in [0.15, 0.2) is 0 Å². The monoisotopic (exact) mass is 346 g/mol. The fourth-order valence-corrected chi connectivity index (χ4v) is 2.63.